The lowest BCUT2D eigenvalue weighted by atomic mass is 10.1. The third-order valence-corrected chi connectivity index (χ3v) is 3.16. The minimum Gasteiger partial charge on any atom is -0.481 e. The molecule has 1 aromatic rings. The fourth-order valence-electron chi connectivity index (χ4n) is 2.00. The van der Waals surface area contributed by atoms with Crippen molar-refractivity contribution < 1.29 is 14.7 Å². The number of urea groups is 1. The Morgan fingerprint density at radius 2 is 1.75 bits per heavy atom. The number of nitrogens with one attached hydrogen (secondary N) is 2. The van der Waals surface area contributed by atoms with E-state index in [0.29, 0.717) is 6.42 Å². The third kappa shape index (κ3) is 5.30. The normalized spacial score (nSPS) is 13.3. The van der Waals surface area contributed by atoms with Gasteiger partial charge in [0.15, 0.2) is 0 Å². The van der Waals surface area contributed by atoms with Crippen molar-refractivity contribution in [2.75, 3.05) is 0 Å². The van der Waals surface area contributed by atoms with Crippen LogP contribution in [0.1, 0.15) is 44.7 Å². The van der Waals surface area contributed by atoms with Crippen LogP contribution in [-0.4, -0.2) is 23.1 Å². The number of carbonyl (C=O) groups is 2. The maximum atomic E-state index is 11.9. The molecule has 0 spiro atoms. The van der Waals surface area contributed by atoms with Crippen molar-refractivity contribution in [3.05, 3.63) is 35.9 Å². The van der Waals surface area contributed by atoms with Crippen LogP contribution in [0.4, 0.5) is 4.79 Å². The van der Waals surface area contributed by atoms with Crippen LogP contribution in [0, 0.1) is 0 Å². The van der Waals surface area contributed by atoms with E-state index in [9.17, 15) is 9.59 Å². The van der Waals surface area contributed by atoms with Crippen LogP contribution in [0.2, 0.25) is 0 Å². The maximum absolute atomic E-state index is 11.9. The minimum absolute atomic E-state index is 0.0634. The number of carboxylic acids is 1. The lowest BCUT2D eigenvalue weighted by Gasteiger charge is -2.21. The van der Waals surface area contributed by atoms with Crippen molar-refractivity contribution in [1.82, 2.24) is 10.6 Å². The van der Waals surface area contributed by atoms with Gasteiger partial charge < -0.3 is 15.7 Å². The maximum Gasteiger partial charge on any atom is 0.315 e. The summed E-state index contributed by atoms with van der Waals surface area (Å²) in [6.45, 7) is 3.84. The number of hydrogen-bond acceptors (Lipinski definition) is 2. The van der Waals surface area contributed by atoms with Gasteiger partial charge in [0.25, 0.3) is 0 Å². The van der Waals surface area contributed by atoms with Gasteiger partial charge in [-0.25, -0.2) is 4.79 Å². The summed E-state index contributed by atoms with van der Waals surface area (Å²) < 4.78 is 0. The van der Waals surface area contributed by atoms with E-state index < -0.39 is 5.97 Å². The van der Waals surface area contributed by atoms with Crippen molar-refractivity contribution in [1.29, 1.82) is 0 Å². The first-order valence-corrected chi connectivity index (χ1v) is 6.90. The van der Waals surface area contributed by atoms with Crippen LogP contribution in [0.25, 0.3) is 0 Å². The van der Waals surface area contributed by atoms with E-state index in [-0.39, 0.29) is 24.5 Å². The van der Waals surface area contributed by atoms with Crippen LogP contribution in [-0.2, 0) is 4.79 Å². The second-order valence-electron chi connectivity index (χ2n) is 4.69. The molecule has 2 amide bonds. The first-order valence-electron chi connectivity index (χ1n) is 6.90. The molecule has 5 heteroatoms. The number of rotatable bonds is 7. The molecule has 1 aromatic carbocycles. The molecule has 20 heavy (non-hydrogen) atoms. The predicted octanol–water partition coefficient (Wildman–Crippen LogP) is 2.69. The van der Waals surface area contributed by atoms with Crippen LogP contribution >= 0.6 is 0 Å². The lowest BCUT2D eigenvalue weighted by Crippen LogP contribution is -2.44. The quantitative estimate of drug-likeness (QED) is 0.717. The van der Waals surface area contributed by atoms with Gasteiger partial charge >= 0.3 is 12.0 Å². The van der Waals surface area contributed by atoms with Gasteiger partial charge in [0.05, 0.1) is 12.5 Å². The van der Waals surface area contributed by atoms with Crippen LogP contribution in [0.15, 0.2) is 30.3 Å². The summed E-state index contributed by atoms with van der Waals surface area (Å²) in [7, 11) is 0. The summed E-state index contributed by atoms with van der Waals surface area (Å²) in [5.41, 5.74) is 1.04. The first-order chi connectivity index (χ1) is 9.56. The van der Waals surface area contributed by atoms with Gasteiger partial charge in [-0.2, -0.15) is 0 Å². The van der Waals surface area contributed by atoms with Gasteiger partial charge in [0, 0.05) is 6.04 Å². The zero-order chi connectivity index (χ0) is 15.0. The van der Waals surface area contributed by atoms with Crippen molar-refractivity contribution in [3.63, 3.8) is 0 Å². The number of amides is 2. The van der Waals surface area contributed by atoms with E-state index in [4.69, 9.17) is 5.11 Å². The van der Waals surface area contributed by atoms with Crippen LogP contribution in [0.3, 0.4) is 0 Å². The summed E-state index contributed by atoms with van der Waals surface area (Å²) in [5, 5.41) is 14.3. The summed E-state index contributed by atoms with van der Waals surface area (Å²) in [6.07, 6.45) is 1.29. The van der Waals surface area contributed by atoms with Gasteiger partial charge in [-0.1, -0.05) is 44.2 Å². The smallest absolute Gasteiger partial charge is 0.315 e. The number of benzene rings is 1. The highest BCUT2D eigenvalue weighted by Crippen LogP contribution is 2.15. The first kappa shape index (κ1) is 16.0. The Balaban J connectivity index is 2.57. The molecular weight excluding hydrogens is 256 g/mol. The Kier molecular flexibility index (Phi) is 6.56. The molecule has 0 aliphatic carbocycles. The molecule has 0 bridgehead atoms. The minimum atomic E-state index is -0.910. The molecule has 110 valence electrons. The lowest BCUT2D eigenvalue weighted by molar-refractivity contribution is -0.137. The van der Waals surface area contributed by atoms with Gasteiger partial charge in [-0.15, -0.1) is 0 Å². The molecule has 0 heterocycles. The Bertz CT molecular complexity index is 434. The Morgan fingerprint density at radius 3 is 2.25 bits per heavy atom. The predicted molar refractivity (Wildman–Crippen MR) is 77.5 cm³/mol. The topological polar surface area (TPSA) is 78.4 Å². The zero-order valence-corrected chi connectivity index (χ0v) is 11.9. The third-order valence-electron chi connectivity index (χ3n) is 3.16. The van der Waals surface area contributed by atoms with Gasteiger partial charge in [-0.05, 0) is 18.4 Å². The Labute approximate surface area is 119 Å². The molecular formula is C15H22N2O3. The number of aliphatic carboxylic acids is 1. The summed E-state index contributed by atoms with van der Waals surface area (Å²) in [4.78, 5) is 22.6. The highest BCUT2D eigenvalue weighted by atomic mass is 16.4. The molecule has 3 N–H and O–H groups in total. The molecule has 2 atom stereocenters. The van der Waals surface area contributed by atoms with Crippen molar-refractivity contribution in [2.24, 2.45) is 0 Å². The summed E-state index contributed by atoms with van der Waals surface area (Å²) >= 11 is 0. The average Bonchev–Trinajstić information content (AvgIpc) is 2.44. The fraction of sp³-hybridized carbons (Fsp3) is 0.467. The molecule has 0 aromatic heterocycles. The molecule has 0 saturated carbocycles. The standard InChI is InChI=1S/C15H22N2O3/c1-3-12(10-14(18)19)16-15(20)17-13(4-2)11-8-6-5-7-9-11/h5-9,12-13H,3-4,10H2,1-2H3,(H,18,19)(H2,16,17,20). The average molecular weight is 278 g/mol. The Morgan fingerprint density at radius 1 is 1.10 bits per heavy atom. The molecule has 0 aliphatic heterocycles. The Hall–Kier alpha value is -2.04. The fourth-order valence-corrected chi connectivity index (χ4v) is 2.00. The number of hydrogen-bond donors (Lipinski definition) is 3. The summed E-state index contributed by atoms with van der Waals surface area (Å²) in [5.74, 6) is -0.910. The highest BCUT2D eigenvalue weighted by Gasteiger charge is 2.17. The largest absolute Gasteiger partial charge is 0.481 e. The molecule has 2 unspecified atom stereocenters. The van der Waals surface area contributed by atoms with Gasteiger partial charge in [-0.3, -0.25) is 4.79 Å². The second-order valence-corrected chi connectivity index (χ2v) is 4.69. The van der Waals surface area contributed by atoms with E-state index in [2.05, 4.69) is 10.6 Å². The van der Waals surface area contributed by atoms with Crippen LogP contribution < -0.4 is 10.6 Å². The van der Waals surface area contributed by atoms with Crippen molar-refractivity contribution >= 4 is 12.0 Å². The van der Waals surface area contributed by atoms with E-state index in [1.807, 2.05) is 44.2 Å². The van der Waals surface area contributed by atoms with Gasteiger partial charge in [0.1, 0.15) is 0 Å². The van der Waals surface area contributed by atoms with E-state index in [0.717, 1.165) is 12.0 Å². The summed E-state index contributed by atoms with van der Waals surface area (Å²) in [6, 6.07) is 8.96. The molecule has 5 nitrogen and oxygen atoms in total. The monoisotopic (exact) mass is 278 g/mol. The molecule has 0 aliphatic rings. The van der Waals surface area contributed by atoms with Crippen LogP contribution in [0.5, 0.6) is 0 Å². The van der Waals surface area contributed by atoms with Crippen molar-refractivity contribution in [2.45, 2.75) is 45.2 Å². The van der Waals surface area contributed by atoms with E-state index in [1.54, 1.807) is 0 Å². The van der Waals surface area contributed by atoms with E-state index >= 15 is 0 Å². The molecule has 0 radical (unpaired) electrons. The molecule has 1 rings (SSSR count). The number of carbonyl (C=O) groups excluding carboxylic acids is 1. The second kappa shape index (κ2) is 8.19. The van der Waals surface area contributed by atoms with E-state index in [1.165, 1.54) is 0 Å². The molecule has 0 saturated heterocycles. The zero-order valence-electron chi connectivity index (χ0n) is 11.9. The SMILES string of the molecule is CCC(CC(=O)O)NC(=O)NC(CC)c1ccccc1. The molecule has 0 fully saturated rings. The van der Waals surface area contributed by atoms with Gasteiger partial charge in [0.2, 0.25) is 0 Å². The number of carboxylic acid groups (broad SMARTS) is 1. The van der Waals surface area contributed by atoms with Crippen molar-refractivity contribution in [3.8, 4) is 0 Å². The highest BCUT2D eigenvalue weighted by molar-refractivity contribution is 5.76.